The van der Waals surface area contributed by atoms with Gasteiger partial charge in [-0.2, -0.15) is 0 Å². The summed E-state index contributed by atoms with van der Waals surface area (Å²) >= 11 is 0. The molecule has 3 saturated heterocycles. The van der Waals surface area contributed by atoms with Gasteiger partial charge in [0.05, 0.1) is 23.9 Å². The monoisotopic (exact) mass is 705 g/mol. The second-order valence-corrected chi connectivity index (χ2v) is 15.0. The molecule has 3 aliphatic rings. The summed E-state index contributed by atoms with van der Waals surface area (Å²) in [6, 6.07) is 4.53. The molecule has 1 aromatic rings. The first kappa shape index (κ1) is 39.9. The first-order chi connectivity index (χ1) is 23.5. The van der Waals surface area contributed by atoms with E-state index in [4.69, 9.17) is 23.7 Å². The van der Waals surface area contributed by atoms with Crippen molar-refractivity contribution in [3.8, 4) is 0 Å². The van der Waals surface area contributed by atoms with Crippen molar-refractivity contribution in [2.24, 2.45) is 17.8 Å². The molecule has 4 unspecified atom stereocenters. The van der Waals surface area contributed by atoms with Crippen LogP contribution in [0.3, 0.4) is 0 Å². The van der Waals surface area contributed by atoms with Gasteiger partial charge < -0.3 is 49.6 Å². The average molecular weight is 706 g/mol. The van der Waals surface area contributed by atoms with Gasteiger partial charge in [-0.3, -0.25) is 9.59 Å². The number of esters is 1. The van der Waals surface area contributed by atoms with Crippen molar-refractivity contribution in [2.45, 2.75) is 128 Å². The number of pyridine rings is 1. The Hall–Kier alpha value is -2.88. The van der Waals surface area contributed by atoms with Crippen molar-refractivity contribution in [1.29, 1.82) is 0 Å². The predicted molar refractivity (Wildman–Crippen MR) is 186 cm³/mol. The van der Waals surface area contributed by atoms with Gasteiger partial charge in [0.1, 0.15) is 23.9 Å². The lowest BCUT2D eigenvalue weighted by molar-refractivity contribution is -0.296. The number of likely N-dealkylation sites (N-methyl/N-ethyl adjacent to an activating group) is 1. The molecule has 4 heterocycles. The summed E-state index contributed by atoms with van der Waals surface area (Å²) in [6.07, 6.45) is -1.77. The standard InChI is InChI=1S/C36H59N5O9/c1-11-26-36(7)30(40-34(45)50-36)23(5)38-18-20(2)17-35(6,46-10)31(21(3)28(42)22(4)32(44)48-26)49-33-29(43)25(41(8)9)16-24(47-33)19-39-27-14-12-13-15-37-27/h12-15,20-26,29-31,33,38,43H,11,16-19H2,1-10H3,(H,37,39)(H,40,45)/t20-,21+,22?,23-,24?,25?,26-,29?,30-,31-,33+,35-,36-/m1/s1. The molecule has 0 aliphatic carbocycles. The highest BCUT2D eigenvalue weighted by molar-refractivity contribution is 6.00. The largest absolute Gasteiger partial charge is 0.458 e. The lowest BCUT2D eigenvalue weighted by Gasteiger charge is -2.47. The number of nitrogens with one attached hydrogen (secondary N) is 3. The molecule has 1 aromatic heterocycles. The van der Waals surface area contributed by atoms with Crippen molar-refractivity contribution < 1.29 is 43.2 Å². The van der Waals surface area contributed by atoms with Gasteiger partial charge in [0.2, 0.25) is 0 Å². The minimum Gasteiger partial charge on any atom is -0.458 e. The van der Waals surface area contributed by atoms with Crippen LogP contribution in [0.5, 0.6) is 0 Å². The number of carbonyl (C=O) groups excluding carboxylic acids is 3. The molecule has 14 nitrogen and oxygen atoms in total. The number of amides is 1. The second kappa shape index (κ2) is 16.6. The SMILES string of the molecule is CC[C@H]1OC(=O)C(C)C(=O)[C@H](C)[C@@H](O[C@@H]2OC(CNc3ccccn3)CC(N(C)C)C2O)[C@](C)(OC)C[C@@H](C)CN[C@H](C)[C@H]2NC(=O)O[C@@]21C. The summed E-state index contributed by atoms with van der Waals surface area (Å²) in [6.45, 7) is 13.7. The molecule has 1 amide bonds. The predicted octanol–water partition coefficient (Wildman–Crippen LogP) is 2.74. The highest BCUT2D eigenvalue weighted by atomic mass is 16.7. The normalized spacial score (nSPS) is 40.6. The van der Waals surface area contributed by atoms with Crippen LogP contribution in [0, 0.1) is 17.8 Å². The number of nitrogens with zero attached hydrogens (tertiary/aromatic N) is 2. The maximum Gasteiger partial charge on any atom is 0.408 e. The Morgan fingerprint density at radius 2 is 1.86 bits per heavy atom. The lowest BCUT2D eigenvalue weighted by atomic mass is 9.78. The van der Waals surface area contributed by atoms with E-state index in [9.17, 15) is 19.5 Å². The zero-order valence-corrected chi connectivity index (χ0v) is 31.3. The first-order valence-corrected chi connectivity index (χ1v) is 17.9. The number of hydrogen-bond donors (Lipinski definition) is 4. The van der Waals surface area contributed by atoms with Crippen LogP contribution >= 0.6 is 0 Å². The lowest BCUT2D eigenvalue weighted by Crippen LogP contribution is -2.60. The fourth-order valence-corrected chi connectivity index (χ4v) is 7.84. The fourth-order valence-electron chi connectivity index (χ4n) is 7.84. The van der Waals surface area contributed by atoms with Crippen LogP contribution in [0.15, 0.2) is 24.4 Å². The van der Waals surface area contributed by atoms with E-state index in [1.54, 1.807) is 27.2 Å². The van der Waals surface area contributed by atoms with Gasteiger partial charge in [-0.15, -0.1) is 0 Å². The number of ether oxygens (including phenoxy) is 5. The highest BCUT2D eigenvalue weighted by Crippen LogP contribution is 2.37. The summed E-state index contributed by atoms with van der Waals surface area (Å²) in [4.78, 5) is 46.7. The van der Waals surface area contributed by atoms with Gasteiger partial charge in [0.15, 0.2) is 17.7 Å². The number of ketones is 1. The number of Topliss-reactive ketones (excluding diaryl/α,β-unsaturated/α-hetero) is 1. The Morgan fingerprint density at radius 1 is 1.14 bits per heavy atom. The number of fused-ring (bicyclic) bond motifs is 1. The molecule has 0 spiro atoms. The van der Waals surface area contributed by atoms with E-state index in [2.05, 4.69) is 27.9 Å². The van der Waals surface area contributed by atoms with Gasteiger partial charge in [0.25, 0.3) is 0 Å². The van der Waals surface area contributed by atoms with Crippen LogP contribution in [-0.4, -0.2) is 127 Å². The van der Waals surface area contributed by atoms with Crippen LogP contribution in [-0.2, 0) is 33.3 Å². The Labute approximate surface area is 296 Å². The summed E-state index contributed by atoms with van der Waals surface area (Å²) in [7, 11) is 5.37. The quantitative estimate of drug-likeness (QED) is 0.230. The van der Waals surface area contributed by atoms with Crippen LogP contribution in [0.2, 0.25) is 0 Å². The second-order valence-electron chi connectivity index (χ2n) is 15.0. The third-order valence-corrected chi connectivity index (χ3v) is 10.9. The smallest absolute Gasteiger partial charge is 0.408 e. The molecule has 50 heavy (non-hydrogen) atoms. The third kappa shape index (κ3) is 8.76. The molecule has 3 aliphatic heterocycles. The van der Waals surface area contributed by atoms with Gasteiger partial charge in [-0.05, 0) is 85.6 Å². The van der Waals surface area contributed by atoms with Gasteiger partial charge >= 0.3 is 12.1 Å². The number of alkyl carbamates (subject to hydrolysis) is 1. The summed E-state index contributed by atoms with van der Waals surface area (Å²) in [5, 5.41) is 21.4. The molecule has 14 heteroatoms. The number of carbonyl (C=O) groups is 3. The zero-order valence-electron chi connectivity index (χ0n) is 31.3. The van der Waals surface area contributed by atoms with Crippen LogP contribution in [0.1, 0.15) is 67.7 Å². The summed E-state index contributed by atoms with van der Waals surface area (Å²) in [5.74, 6) is -2.47. The van der Waals surface area contributed by atoms with Crippen molar-refractivity contribution >= 4 is 23.7 Å². The van der Waals surface area contributed by atoms with E-state index in [0.717, 1.165) is 0 Å². The molecule has 0 bridgehead atoms. The van der Waals surface area contributed by atoms with Crippen molar-refractivity contribution in [1.82, 2.24) is 20.5 Å². The molecule has 13 atom stereocenters. The Balaban J connectivity index is 1.67. The highest BCUT2D eigenvalue weighted by Gasteiger charge is 2.55. The number of anilines is 1. The van der Waals surface area contributed by atoms with Crippen LogP contribution in [0.4, 0.5) is 10.6 Å². The number of aromatic nitrogens is 1. The molecule has 4 rings (SSSR count). The van der Waals surface area contributed by atoms with Crippen molar-refractivity contribution in [2.75, 3.05) is 39.6 Å². The van der Waals surface area contributed by atoms with E-state index < -0.39 is 71.5 Å². The van der Waals surface area contributed by atoms with Gasteiger partial charge in [0, 0.05) is 37.9 Å². The third-order valence-electron chi connectivity index (χ3n) is 10.9. The topological polar surface area (TPSA) is 170 Å². The molecule has 0 aromatic carbocycles. The molecule has 4 N–H and O–H groups in total. The molecule has 0 radical (unpaired) electrons. The van der Waals surface area contributed by atoms with E-state index >= 15 is 0 Å². The summed E-state index contributed by atoms with van der Waals surface area (Å²) in [5.41, 5.74) is -2.22. The van der Waals surface area contributed by atoms with E-state index in [0.29, 0.717) is 38.2 Å². The maximum absolute atomic E-state index is 14.2. The zero-order chi connectivity index (χ0) is 37.0. The molecular formula is C36H59N5O9. The van der Waals surface area contributed by atoms with E-state index in [1.807, 2.05) is 58.0 Å². The summed E-state index contributed by atoms with van der Waals surface area (Å²) < 4.78 is 31.1. The Morgan fingerprint density at radius 3 is 2.48 bits per heavy atom. The average Bonchev–Trinajstić information content (AvgIpc) is 3.41. The Bertz CT molecular complexity index is 1310. The van der Waals surface area contributed by atoms with E-state index in [1.165, 1.54) is 6.92 Å². The number of methoxy groups -OCH3 is 1. The number of aliphatic hydroxyl groups is 1. The van der Waals surface area contributed by atoms with Crippen LogP contribution in [0.25, 0.3) is 0 Å². The first-order valence-electron chi connectivity index (χ1n) is 17.9. The minimum absolute atomic E-state index is 0.00419. The van der Waals surface area contributed by atoms with Crippen molar-refractivity contribution in [3.05, 3.63) is 24.4 Å². The van der Waals surface area contributed by atoms with E-state index in [-0.39, 0.29) is 24.1 Å². The Kier molecular flexibility index (Phi) is 13.3. The number of hydrogen-bond acceptors (Lipinski definition) is 13. The molecule has 3 fully saturated rings. The van der Waals surface area contributed by atoms with Gasteiger partial charge in [-0.1, -0.05) is 26.8 Å². The van der Waals surface area contributed by atoms with Crippen LogP contribution < -0.4 is 16.0 Å². The van der Waals surface area contributed by atoms with Gasteiger partial charge in [-0.25, -0.2) is 9.78 Å². The minimum atomic E-state index is -1.17. The molecule has 0 saturated carbocycles. The maximum atomic E-state index is 14.2. The van der Waals surface area contributed by atoms with Crippen molar-refractivity contribution in [3.63, 3.8) is 0 Å². The fraction of sp³-hybridized carbons (Fsp3) is 0.778. The molecular weight excluding hydrogens is 646 g/mol. The number of cyclic esters (lactones) is 1. The number of aliphatic hydroxyl groups excluding tert-OH is 1. The molecule has 282 valence electrons. The number of rotatable bonds is 8.